The number of rotatable bonds is 5. The van der Waals surface area contributed by atoms with E-state index >= 15 is 0 Å². The maximum absolute atomic E-state index is 12.3. The lowest BCUT2D eigenvalue weighted by atomic mass is 10.1. The molecule has 0 heterocycles. The number of hydrogen-bond donors (Lipinski definition) is 2. The molecule has 0 saturated heterocycles. The molecular weight excluding hydrogens is 308 g/mol. The zero-order valence-corrected chi connectivity index (χ0v) is 13.2. The number of nitrogens with zero attached hydrogens (tertiary/aromatic N) is 1. The number of nitriles is 1. The second-order valence-corrected chi connectivity index (χ2v) is 4.76. The maximum Gasteiger partial charge on any atom is 0.266 e. The fraction of sp³-hybridized carbons (Fsp3) is 0.111. The van der Waals surface area contributed by atoms with Gasteiger partial charge in [-0.2, -0.15) is 5.26 Å². The highest BCUT2D eigenvalue weighted by Gasteiger charge is 2.12. The third-order valence-corrected chi connectivity index (χ3v) is 3.23. The smallest absolute Gasteiger partial charge is 0.266 e. The molecule has 0 aliphatic heterocycles. The summed E-state index contributed by atoms with van der Waals surface area (Å²) >= 11 is 0. The Bertz CT molecular complexity index is 822. The lowest BCUT2D eigenvalue weighted by Gasteiger charge is -2.09. The molecule has 2 rings (SSSR count). The molecule has 0 aromatic heterocycles. The second kappa shape index (κ2) is 7.70. The van der Waals surface area contributed by atoms with Crippen molar-refractivity contribution in [2.24, 2.45) is 0 Å². The Morgan fingerprint density at radius 3 is 2.50 bits per heavy atom. The standard InChI is InChI=1S/C18H16N2O4/c1-23-16-6-4-3-5-14(16)20-18(22)13(11-19)9-12-7-8-17(24-2)15(21)10-12/h3-10,21H,1-2H3,(H,20,22)/b13-9+. The van der Waals surface area contributed by atoms with Crippen molar-refractivity contribution < 1.29 is 19.4 Å². The van der Waals surface area contributed by atoms with Gasteiger partial charge in [-0.1, -0.05) is 18.2 Å². The number of nitrogens with one attached hydrogen (secondary N) is 1. The number of para-hydroxylation sites is 2. The molecular formula is C18H16N2O4. The number of carbonyl (C=O) groups excluding carboxylic acids is 1. The van der Waals surface area contributed by atoms with Gasteiger partial charge in [0, 0.05) is 0 Å². The molecule has 0 aliphatic rings. The van der Waals surface area contributed by atoms with E-state index in [1.165, 1.54) is 26.4 Å². The first kappa shape index (κ1) is 16.9. The minimum Gasteiger partial charge on any atom is -0.504 e. The fourth-order valence-electron chi connectivity index (χ4n) is 2.05. The van der Waals surface area contributed by atoms with Crippen LogP contribution in [0.5, 0.6) is 17.2 Å². The van der Waals surface area contributed by atoms with Gasteiger partial charge in [0.15, 0.2) is 11.5 Å². The fourth-order valence-corrected chi connectivity index (χ4v) is 2.05. The van der Waals surface area contributed by atoms with E-state index in [-0.39, 0.29) is 11.3 Å². The predicted molar refractivity (Wildman–Crippen MR) is 89.9 cm³/mol. The van der Waals surface area contributed by atoms with E-state index < -0.39 is 5.91 Å². The van der Waals surface area contributed by atoms with E-state index in [2.05, 4.69) is 5.32 Å². The third kappa shape index (κ3) is 3.84. The zero-order chi connectivity index (χ0) is 17.5. The van der Waals surface area contributed by atoms with E-state index in [1.807, 2.05) is 6.07 Å². The largest absolute Gasteiger partial charge is 0.504 e. The topological polar surface area (TPSA) is 91.6 Å². The highest BCUT2D eigenvalue weighted by molar-refractivity contribution is 6.10. The van der Waals surface area contributed by atoms with Crippen LogP contribution in [-0.2, 0) is 4.79 Å². The van der Waals surface area contributed by atoms with Gasteiger partial charge in [0.2, 0.25) is 0 Å². The van der Waals surface area contributed by atoms with Crippen molar-refractivity contribution in [2.75, 3.05) is 19.5 Å². The van der Waals surface area contributed by atoms with Crippen molar-refractivity contribution in [3.05, 3.63) is 53.6 Å². The predicted octanol–water partition coefficient (Wildman–Crippen LogP) is 2.96. The molecule has 0 saturated carbocycles. The summed E-state index contributed by atoms with van der Waals surface area (Å²) in [5.41, 5.74) is 0.856. The zero-order valence-electron chi connectivity index (χ0n) is 13.2. The highest BCUT2D eigenvalue weighted by atomic mass is 16.5. The molecule has 2 N–H and O–H groups in total. The summed E-state index contributed by atoms with van der Waals surface area (Å²) in [5.74, 6) is 0.153. The molecule has 0 atom stereocenters. The minimum absolute atomic E-state index is 0.0753. The summed E-state index contributed by atoms with van der Waals surface area (Å²) in [6, 6.07) is 13.3. The molecule has 0 radical (unpaired) electrons. The molecule has 6 heteroatoms. The van der Waals surface area contributed by atoms with Crippen molar-refractivity contribution in [1.82, 2.24) is 0 Å². The molecule has 0 spiro atoms. The maximum atomic E-state index is 12.3. The molecule has 0 unspecified atom stereocenters. The number of anilines is 1. The van der Waals surface area contributed by atoms with Crippen molar-refractivity contribution in [2.45, 2.75) is 0 Å². The van der Waals surface area contributed by atoms with Crippen LogP contribution in [0.4, 0.5) is 5.69 Å². The second-order valence-electron chi connectivity index (χ2n) is 4.76. The first-order valence-corrected chi connectivity index (χ1v) is 7.02. The number of hydrogen-bond acceptors (Lipinski definition) is 5. The number of aromatic hydroxyl groups is 1. The van der Waals surface area contributed by atoms with Gasteiger partial charge < -0.3 is 19.9 Å². The van der Waals surface area contributed by atoms with Crippen molar-refractivity contribution in [3.8, 4) is 23.3 Å². The minimum atomic E-state index is -0.572. The Labute approximate surface area is 139 Å². The molecule has 0 fully saturated rings. The highest BCUT2D eigenvalue weighted by Crippen LogP contribution is 2.27. The number of carbonyl (C=O) groups is 1. The van der Waals surface area contributed by atoms with Gasteiger partial charge >= 0.3 is 0 Å². The van der Waals surface area contributed by atoms with Crippen molar-refractivity contribution in [3.63, 3.8) is 0 Å². The number of benzene rings is 2. The summed E-state index contributed by atoms with van der Waals surface area (Å²) in [6.45, 7) is 0. The summed E-state index contributed by atoms with van der Waals surface area (Å²) in [5, 5.41) is 21.6. The first-order valence-electron chi connectivity index (χ1n) is 7.02. The molecule has 2 aromatic carbocycles. The van der Waals surface area contributed by atoms with E-state index in [1.54, 1.807) is 36.4 Å². The lowest BCUT2D eigenvalue weighted by molar-refractivity contribution is -0.112. The van der Waals surface area contributed by atoms with Crippen LogP contribution < -0.4 is 14.8 Å². The molecule has 122 valence electrons. The number of phenols is 1. The Morgan fingerprint density at radius 1 is 1.17 bits per heavy atom. The number of phenolic OH excluding ortho intramolecular Hbond substituents is 1. The lowest BCUT2D eigenvalue weighted by Crippen LogP contribution is -2.14. The van der Waals surface area contributed by atoms with Crippen LogP contribution >= 0.6 is 0 Å². The van der Waals surface area contributed by atoms with Gasteiger partial charge in [-0.05, 0) is 35.9 Å². The van der Waals surface area contributed by atoms with Crippen molar-refractivity contribution in [1.29, 1.82) is 5.26 Å². The number of methoxy groups -OCH3 is 2. The summed E-state index contributed by atoms with van der Waals surface area (Å²) in [4.78, 5) is 12.3. The summed E-state index contributed by atoms with van der Waals surface area (Å²) in [7, 11) is 2.93. The third-order valence-electron chi connectivity index (χ3n) is 3.23. The molecule has 0 bridgehead atoms. The van der Waals surface area contributed by atoms with Crippen LogP contribution in [0.3, 0.4) is 0 Å². The van der Waals surface area contributed by atoms with Crippen LogP contribution in [0, 0.1) is 11.3 Å². The van der Waals surface area contributed by atoms with Crippen LogP contribution in [0.25, 0.3) is 6.08 Å². The van der Waals surface area contributed by atoms with Gasteiger partial charge in [0.25, 0.3) is 5.91 Å². The van der Waals surface area contributed by atoms with Gasteiger partial charge in [-0.3, -0.25) is 4.79 Å². The quantitative estimate of drug-likeness (QED) is 0.652. The molecule has 1 amide bonds. The Hall–Kier alpha value is -3.46. The number of amides is 1. The average molecular weight is 324 g/mol. The Balaban J connectivity index is 2.26. The van der Waals surface area contributed by atoms with E-state index in [0.29, 0.717) is 22.7 Å². The SMILES string of the molecule is COc1ccc(/C=C(\C#N)C(=O)Nc2ccccc2OC)cc1O. The van der Waals surface area contributed by atoms with Gasteiger partial charge in [-0.25, -0.2) is 0 Å². The van der Waals surface area contributed by atoms with Crippen LogP contribution in [0.15, 0.2) is 48.0 Å². The average Bonchev–Trinajstić information content (AvgIpc) is 2.60. The van der Waals surface area contributed by atoms with Crippen LogP contribution in [-0.4, -0.2) is 25.2 Å². The van der Waals surface area contributed by atoms with Crippen LogP contribution in [0.1, 0.15) is 5.56 Å². The van der Waals surface area contributed by atoms with E-state index in [9.17, 15) is 15.2 Å². The molecule has 0 aliphatic carbocycles. The summed E-state index contributed by atoms with van der Waals surface area (Å²) in [6.07, 6.45) is 1.38. The number of ether oxygens (including phenoxy) is 2. The summed E-state index contributed by atoms with van der Waals surface area (Å²) < 4.78 is 10.1. The monoisotopic (exact) mass is 324 g/mol. The first-order chi connectivity index (χ1) is 11.6. The molecule has 6 nitrogen and oxygen atoms in total. The van der Waals surface area contributed by atoms with E-state index in [4.69, 9.17) is 9.47 Å². The Morgan fingerprint density at radius 2 is 1.88 bits per heavy atom. The normalized spacial score (nSPS) is 10.6. The van der Waals surface area contributed by atoms with Crippen molar-refractivity contribution >= 4 is 17.7 Å². The van der Waals surface area contributed by atoms with Gasteiger partial charge in [0.1, 0.15) is 17.4 Å². The van der Waals surface area contributed by atoms with Gasteiger partial charge in [0.05, 0.1) is 19.9 Å². The van der Waals surface area contributed by atoms with Crippen LogP contribution in [0.2, 0.25) is 0 Å². The molecule has 2 aromatic rings. The van der Waals surface area contributed by atoms with E-state index in [0.717, 1.165) is 0 Å². The Kier molecular flexibility index (Phi) is 5.42. The van der Waals surface area contributed by atoms with Gasteiger partial charge in [-0.15, -0.1) is 0 Å². The molecule has 24 heavy (non-hydrogen) atoms.